The molecule has 0 N–H and O–H groups in total. The molecule has 1 fully saturated rings. The molecule has 0 aromatic carbocycles. The lowest BCUT2D eigenvalue weighted by Crippen LogP contribution is -2.29. The van der Waals surface area contributed by atoms with E-state index in [4.69, 9.17) is 4.98 Å². The molecule has 114 valence electrons. The molecule has 1 saturated heterocycles. The van der Waals surface area contributed by atoms with E-state index in [-0.39, 0.29) is 0 Å². The zero-order chi connectivity index (χ0) is 15.1. The number of hydrogen-bond donors (Lipinski definition) is 0. The first-order valence-electron chi connectivity index (χ1n) is 7.89. The molecule has 4 rings (SSSR count). The van der Waals surface area contributed by atoms with Crippen LogP contribution in [0.5, 0.6) is 0 Å². The maximum absolute atomic E-state index is 4.76. The Morgan fingerprint density at radius 2 is 1.77 bits per heavy atom. The van der Waals surface area contributed by atoms with Crippen molar-refractivity contribution < 1.29 is 0 Å². The highest BCUT2D eigenvalue weighted by atomic mass is 32.1. The van der Waals surface area contributed by atoms with Gasteiger partial charge in [-0.25, -0.2) is 9.97 Å². The van der Waals surface area contributed by atoms with Crippen molar-refractivity contribution in [3.8, 4) is 5.13 Å². The van der Waals surface area contributed by atoms with Gasteiger partial charge in [0.1, 0.15) is 11.3 Å². The molecule has 0 spiro atoms. The van der Waals surface area contributed by atoms with Crippen molar-refractivity contribution in [2.24, 2.45) is 0 Å². The second kappa shape index (κ2) is 5.39. The second-order valence-electron chi connectivity index (χ2n) is 6.01. The number of pyridine rings is 1. The topological polar surface area (TPSA) is 34.0 Å². The molecule has 0 amide bonds. The van der Waals surface area contributed by atoms with Crippen LogP contribution in [0.2, 0.25) is 0 Å². The Kier molecular flexibility index (Phi) is 3.37. The Labute approximate surface area is 134 Å². The largest absolute Gasteiger partial charge is 0.357 e. The molecular weight excluding hydrogens is 292 g/mol. The van der Waals surface area contributed by atoms with Crippen molar-refractivity contribution in [2.45, 2.75) is 33.1 Å². The molecule has 0 atom stereocenters. The number of hydrogen-bond acceptors (Lipinski definition) is 4. The summed E-state index contributed by atoms with van der Waals surface area (Å²) in [7, 11) is 0. The van der Waals surface area contributed by atoms with Crippen LogP contribution in [-0.4, -0.2) is 27.6 Å². The van der Waals surface area contributed by atoms with Crippen LogP contribution >= 0.6 is 11.3 Å². The summed E-state index contributed by atoms with van der Waals surface area (Å²) < 4.78 is 3.43. The number of piperidine rings is 1. The van der Waals surface area contributed by atoms with E-state index < -0.39 is 0 Å². The number of nitrogens with zero attached hydrogens (tertiary/aromatic N) is 4. The summed E-state index contributed by atoms with van der Waals surface area (Å²) in [6, 6.07) is 6.48. The molecule has 0 bridgehead atoms. The number of anilines is 1. The molecule has 1 aliphatic rings. The first-order chi connectivity index (χ1) is 10.7. The van der Waals surface area contributed by atoms with Gasteiger partial charge in [0.2, 0.25) is 0 Å². The molecule has 1 aliphatic heterocycles. The number of aromatic nitrogens is 3. The van der Waals surface area contributed by atoms with Gasteiger partial charge in [0, 0.05) is 30.5 Å². The molecule has 3 aromatic heterocycles. The summed E-state index contributed by atoms with van der Waals surface area (Å²) in [4.78, 5) is 11.8. The molecule has 3 aromatic rings. The fourth-order valence-electron chi connectivity index (χ4n) is 3.17. The number of rotatable bonds is 2. The van der Waals surface area contributed by atoms with Gasteiger partial charge in [0.15, 0.2) is 5.13 Å². The molecule has 4 heterocycles. The summed E-state index contributed by atoms with van der Waals surface area (Å²) >= 11 is 1.75. The Bertz CT molecular complexity index is 792. The standard InChI is InChI=1S/C17H20N4S/c1-12-6-7-13(2)21(12)17-19-14-11-18-16(10-15(14)22-17)20-8-4-3-5-9-20/h6-7,10-11H,3-5,8-9H2,1-2H3. The third-order valence-corrected chi connectivity index (χ3v) is 5.39. The lowest BCUT2D eigenvalue weighted by atomic mass is 10.1. The fraction of sp³-hybridized carbons (Fsp3) is 0.412. The van der Waals surface area contributed by atoms with E-state index in [1.165, 1.54) is 35.4 Å². The van der Waals surface area contributed by atoms with Gasteiger partial charge in [-0.15, -0.1) is 0 Å². The van der Waals surface area contributed by atoms with Crippen LogP contribution in [0.25, 0.3) is 15.3 Å². The summed E-state index contributed by atoms with van der Waals surface area (Å²) in [5.41, 5.74) is 3.44. The molecule has 22 heavy (non-hydrogen) atoms. The zero-order valence-corrected chi connectivity index (χ0v) is 13.9. The van der Waals surface area contributed by atoms with Gasteiger partial charge < -0.3 is 4.90 Å². The molecule has 4 nitrogen and oxygen atoms in total. The Balaban J connectivity index is 1.75. The summed E-state index contributed by atoms with van der Waals surface area (Å²) in [5, 5.41) is 1.03. The van der Waals surface area contributed by atoms with Crippen LogP contribution in [0.1, 0.15) is 30.7 Å². The normalized spacial score (nSPS) is 15.6. The Morgan fingerprint density at radius 3 is 2.50 bits per heavy atom. The predicted octanol–water partition coefficient (Wildman–Crippen LogP) is 4.09. The van der Waals surface area contributed by atoms with Crippen LogP contribution in [0.3, 0.4) is 0 Å². The summed E-state index contributed by atoms with van der Waals surface area (Å²) in [6.45, 7) is 6.49. The lowest BCUT2D eigenvalue weighted by molar-refractivity contribution is 0.574. The van der Waals surface area contributed by atoms with Crippen molar-refractivity contribution in [3.63, 3.8) is 0 Å². The van der Waals surface area contributed by atoms with Crippen LogP contribution in [0.15, 0.2) is 24.4 Å². The highest BCUT2D eigenvalue weighted by molar-refractivity contribution is 7.20. The van der Waals surface area contributed by atoms with Crippen molar-refractivity contribution in [1.82, 2.24) is 14.5 Å². The third kappa shape index (κ3) is 2.29. The van der Waals surface area contributed by atoms with E-state index in [0.29, 0.717) is 0 Å². The number of thiazole rings is 1. The monoisotopic (exact) mass is 312 g/mol. The average molecular weight is 312 g/mol. The molecule has 0 radical (unpaired) electrons. The van der Waals surface area contributed by atoms with E-state index in [1.807, 2.05) is 6.20 Å². The van der Waals surface area contributed by atoms with Gasteiger partial charge in [-0.3, -0.25) is 4.57 Å². The minimum Gasteiger partial charge on any atom is -0.357 e. The van der Waals surface area contributed by atoms with Crippen molar-refractivity contribution in [3.05, 3.63) is 35.8 Å². The van der Waals surface area contributed by atoms with Crippen molar-refractivity contribution in [2.75, 3.05) is 18.0 Å². The van der Waals surface area contributed by atoms with Gasteiger partial charge in [0.25, 0.3) is 0 Å². The molecule has 0 unspecified atom stereocenters. The van der Waals surface area contributed by atoms with Crippen LogP contribution in [0.4, 0.5) is 5.82 Å². The SMILES string of the molecule is Cc1ccc(C)n1-c1nc2cnc(N3CCCCC3)cc2s1. The average Bonchev–Trinajstić information content (AvgIpc) is 3.10. The molecule has 5 heteroatoms. The highest BCUT2D eigenvalue weighted by Crippen LogP contribution is 2.30. The second-order valence-corrected chi connectivity index (χ2v) is 7.01. The zero-order valence-electron chi connectivity index (χ0n) is 13.0. The minimum absolute atomic E-state index is 0.994. The highest BCUT2D eigenvalue weighted by Gasteiger charge is 2.15. The van der Waals surface area contributed by atoms with Gasteiger partial charge in [0.05, 0.1) is 10.9 Å². The minimum atomic E-state index is 0.994. The van der Waals surface area contributed by atoms with Crippen LogP contribution < -0.4 is 4.90 Å². The first kappa shape index (κ1) is 13.8. The lowest BCUT2D eigenvalue weighted by Gasteiger charge is -2.27. The Hall–Kier alpha value is -1.88. The van der Waals surface area contributed by atoms with E-state index in [9.17, 15) is 0 Å². The molecule has 0 saturated carbocycles. The number of aryl methyl sites for hydroxylation is 2. The summed E-state index contributed by atoms with van der Waals surface area (Å²) in [6.07, 6.45) is 5.81. The van der Waals surface area contributed by atoms with E-state index in [0.717, 1.165) is 29.6 Å². The quantitative estimate of drug-likeness (QED) is 0.715. The van der Waals surface area contributed by atoms with Crippen molar-refractivity contribution >= 4 is 27.4 Å². The van der Waals surface area contributed by atoms with Gasteiger partial charge in [-0.1, -0.05) is 11.3 Å². The Morgan fingerprint density at radius 1 is 1.05 bits per heavy atom. The number of fused-ring (bicyclic) bond motifs is 1. The van der Waals surface area contributed by atoms with Gasteiger partial charge in [-0.05, 0) is 45.2 Å². The van der Waals surface area contributed by atoms with Gasteiger partial charge >= 0.3 is 0 Å². The maximum Gasteiger partial charge on any atom is 0.195 e. The van der Waals surface area contributed by atoms with Crippen LogP contribution in [-0.2, 0) is 0 Å². The smallest absolute Gasteiger partial charge is 0.195 e. The third-order valence-electron chi connectivity index (χ3n) is 4.39. The van der Waals surface area contributed by atoms with Gasteiger partial charge in [-0.2, -0.15) is 0 Å². The molecular formula is C17H20N4S. The predicted molar refractivity (Wildman–Crippen MR) is 92.3 cm³/mol. The summed E-state index contributed by atoms with van der Waals surface area (Å²) in [5.74, 6) is 1.10. The van der Waals surface area contributed by atoms with Crippen molar-refractivity contribution in [1.29, 1.82) is 0 Å². The molecule has 0 aliphatic carbocycles. The fourth-order valence-corrected chi connectivity index (χ4v) is 4.26. The maximum atomic E-state index is 4.76. The van der Waals surface area contributed by atoms with E-state index in [1.54, 1.807) is 11.3 Å². The van der Waals surface area contributed by atoms with E-state index >= 15 is 0 Å². The van der Waals surface area contributed by atoms with E-state index in [2.05, 4.69) is 46.5 Å². The van der Waals surface area contributed by atoms with Crippen LogP contribution in [0, 0.1) is 13.8 Å². The first-order valence-corrected chi connectivity index (χ1v) is 8.71.